The van der Waals surface area contributed by atoms with Crippen molar-refractivity contribution in [1.29, 1.82) is 0 Å². The van der Waals surface area contributed by atoms with Crippen LogP contribution in [0.1, 0.15) is 93.8 Å². The van der Waals surface area contributed by atoms with Crippen molar-refractivity contribution in [3.63, 3.8) is 0 Å². The summed E-state index contributed by atoms with van der Waals surface area (Å²) < 4.78 is 0. The Labute approximate surface area is 376 Å². The minimum Gasteiger partial charge on any atom is -0.397 e. The maximum Gasteiger partial charge on any atom is 0.255 e. The summed E-state index contributed by atoms with van der Waals surface area (Å²) in [6.07, 6.45) is 3.57. The summed E-state index contributed by atoms with van der Waals surface area (Å²) in [7, 11) is 0. The monoisotopic (exact) mass is 891 g/mol. The number of hydrogen-bond acceptors (Lipinski definition) is 10. The number of rotatable bonds is 18. The molecule has 3 atom stereocenters. The number of carbonyl (C=O) groups excluding carboxylic acids is 5. The Morgan fingerprint density at radius 2 is 1.54 bits per heavy atom. The third kappa shape index (κ3) is 12.8. The number of aryl methyl sites for hydroxylation is 1. The number of aliphatic hydroxyl groups excluding tert-OH is 1. The number of aromatic nitrogens is 1. The number of anilines is 3. The summed E-state index contributed by atoms with van der Waals surface area (Å²) in [6.45, 7) is 7.84. The Morgan fingerprint density at radius 3 is 2.19 bits per heavy atom. The summed E-state index contributed by atoms with van der Waals surface area (Å²) in [5.41, 5.74) is 13.2. The number of benzene rings is 3. The van der Waals surface area contributed by atoms with Crippen LogP contribution < -0.4 is 27.0 Å². The number of thiazole rings is 1. The molecule has 1 saturated heterocycles. The molecule has 1 aliphatic rings. The van der Waals surface area contributed by atoms with E-state index in [9.17, 15) is 29.1 Å². The average molecular weight is 892 g/mol. The fourth-order valence-corrected chi connectivity index (χ4v) is 9.03. The Hall–Kier alpha value is -5.90. The van der Waals surface area contributed by atoms with Gasteiger partial charge in [0.2, 0.25) is 23.6 Å². The quantitative estimate of drug-likeness (QED) is 0.0374. The van der Waals surface area contributed by atoms with Crippen LogP contribution in [0.25, 0.3) is 20.9 Å². The second-order valence-electron chi connectivity index (χ2n) is 17.1. The molecule has 0 aliphatic carbocycles. The number of nitrogens with zero attached hydrogens (tertiary/aromatic N) is 2. The molecule has 1 fully saturated rings. The van der Waals surface area contributed by atoms with Gasteiger partial charge in [0, 0.05) is 48.5 Å². The summed E-state index contributed by atoms with van der Waals surface area (Å²) in [5, 5.41) is 24.2. The molecule has 7 N–H and O–H groups in total. The molecule has 15 heteroatoms. The van der Waals surface area contributed by atoms with Crippen molar-refractivity contribution in [1.82, 2.24) is 20.5 Å². The van der Waals surface area contributed by atoms with Gasteiger partial charge < -0.3 is 37.0 Å². The number of hydrogen-bond donors (Lipinski definition) is 6. The van der Waals surface area contributed by atoms with Gasteiger partial charge in [-0.2, -0.15) is 0 Å². The van der Waals surface area contributed by atoms with E-state index in [0.29, 0.717) is 41.9 Å². The van der Waals surface area contributed by atoms with Crippen LogP contribution in [0.2, 0.25) is 0 Å². The SMILES string of the molecule is Cc1ncsc1-c1ccc(CNC(=O)C2CC(O)CN2C(=O)C(NC(=O)CCCCCCCC(=O)Nc2ccc(C(=O)Nc3cc(-c4cccs4)ccc3N)cc2)C(C)(C)C)cc1. The van der Waals surface area contributed by atoms with Gasteiger partial charge in [-0.05, 0) is 89.7 Å². The van der Waals surface area contributed by atoms with Crippen LogP contribution in [0, 0.1) is 12.3 Å². The molecule has 0 radical (unpaired) electrons. The van der Waals surface area contributed by atoms with Crippen molar-refractivity contribution in [2.24, 2.45) is 5.41 Å². The number of amides is 5. The first kappa shape index (κ1) is 46.6. The lowest BCUT2D eigenvalue weighted by atomic mass is 9.85. The number of β-amino-alcohol motifs (C(OH)–C–C–N with tert-alkyl or cyclic N) is 1. The molecular formula is C48H57N7O6S2. The molecule has 0 spiro atoms. The molecule has 0 saturated carbocycles. The molecule has 3 aromatic carbocycles. The fourth-order valence-electron chi connectivity index (χ4n) is 7.50. The number of nitrogens with two attached hydrogens (primary N) is 1. The first-order valence-electron chi connectivity index (χ1n) is 21.4. The predicted octanol–water partition coefficient (Wildman–Crippen LogP) is 8.16. The van der Waals surface area contributed by atoms with E-state index in [4.69, 9.17) is 5.73 Å². The van der Waals surface area contributed by atoms with Crippen LogP contribution in [0.15, 0.2) is 89.8 Å². The zero-order valence-electron chi connectivity index (χ0n) is 36.2. The van der Waals surface area contributed by atoms with Gasteiger partial charge in [0.1, 0.15) is 12.1 Å². The van der Waals surface area contributed by atoms with E-state index in [2.05, 4.69) is 26.3 Å². The van der Waals surface area contributed by atoms with Crippen molar-refractivity contribution >= 4 is 69.3 Å². The van der Waals surface area contributed by atoms with Gasteiger partial charge >= 0.3 is 0 Å². The number of nitrogen functional groups attached to an aromatic ring is 1. The van der Waals surface area contributed by atoms with Crippen molar-refractivity contribution in [2.45, 2.75) is 104 Å². The summed E-state index contributed by atoms with van der Waals surface area (Å²) >= 11 is 3.18. The number of unbranched alkanes of at least 4 members (excludes halogenated alkanes) is 4. The third-order valence-corrected chi connectivity index (χ3v) is 13.0. The molecular weight excluding hydrogens is 835 g/mol. The number of thiophene rings is 1. The Kier molecular flexibility index (Phi) is 15.9. The molecule has 1 aliphatic heterocycles. The van der Waals surface area contributed by atoms with Crippen LogP contribution >= 0.6 is 22.7 Å². The topological polar surface area (TPSA) is 196 Å². The lowest BCUT2D eigenvalue weighted by molar-refractivity contribution is -0.144. The highest BCUT2D eigenvalue weighted by atomic mass is 32.1. The second-order valence-corrected chi connectivity index (χ2v) is 18.9. The van der Waals surface area contributed by atoms with E-state index in [-0.39, 0.29) is 49.6 Å². The Balaban J connectivity index is 0.882. The molecule has 2 aromatic heterocycles. The molecule has 63 heavy (non-hydrogen) atoms. The highest BCUT2D eigenvalue weighted by Crippen LogP contribution is 2.31. The van der Waals surface area contributed by atoms with Crippen molar-refractivity contribution in [2.75, 3.05) is 22.9 Å². The van der Waals surface area contributed by atoms with Gasteiger partial charge in [-0.25, -0.2) is 4.98 Å². The van der Waals surface area contributed by atoms with Gasteiger partial charge in [-0.1, -0.05) is 76.4 Å². The van der Waals surface area contributed by atoms with Crippen LogP contribution in [-0.4, -0.2) is 69.3 Å². The minimum absolute atomic E-state index is 0.00837. The average Bonchev–Trinajstić information content (AvgIpc) is 4.04. The second kappa shape index (κ2) is 21.5. The van der Waals surface area contributed by atoms with E-state index in [1.807, 2.05) is 87.1 Å². The largest absolute Gasteiger partial charge is 0.397 e. The number of aliphatic hydroxyl groups is 1. The normalized spacial score (nSPS) is 15.4. The molecule has 13 nitrogen and oxygen atoms in total. The maximum absolute atomic E-state index is 14.0. The third-order valence-electron chi connectivity index (χ3n) is 11.1. The predicted molar refractivity (Wildman–Crippen MR) is 251 cm³/mol. The van der Waals surface area contributed by atoms with Crippen molar-refractivity contribution in [3.8, 4) is 20.9 Å². The minimum atomic E-state index is -0.890. The summed E-state index contributed by atoms with van der Waals surface area (Å²) in [5.74, 6) is -1.43. The smallest absolute Gasteiger partial charge is 0.255 e. The van der Waals surface area contributed by atoms with Gasteiger partial charge in [0.15, 0.2) is 0 Å². The molecule has 3 unspecified atom stereocenters. The fraction of sp³-hybridized carbons (Fsp3) is 0.375. The Bertz CT molecular complexity index is 2360. The van der Waals surface area contributed by atoms with E-state index in [0.717, 1.165) is 51.4 Å². The number of carbonyl (C=O) groups is 5. The van der Waals surface area contributed by atoms with Crippen LogP contribution in [-0.2, 0) is 25.7 Å². The maximum atomic E-state index is 14.0. The lowest BCUT2D eigenvalue weighted by Crippen LogP contribution is -2.57. The zero-order chi connectivity index (χ0) is 45.1. The van der Waals surface area contributed by atoms with E-state index in [1.54, 1.807) is 53.0 Å². The van der Waals surface area contributed by atoms with E-state index in [1.165, 1.54) is 4.90 Å². The molecule has 3 heterocycles. The highest BCUT2D eigenvalue weighted by molar-refractivity contribution is 7.13. The standard InChI is InChI=1S/C48H57N7O6S2/c1-30-43(63-29-51-30)32-16-14-31(15-17-32)27-50-46(60)39-26-36(56)28-55(39)47(61)44(48(2,3)4)54-42(58)13-9-7-5-6-8-12-41(57)52-35-21-18-33(19-22-35)45(59)53-38-25-34(20-23-37(38)49)40-11-10-24-62-40/h10-11,14-25,29,36,39,44,56H,5-9,12-13,26-28,49H2,1-4H3,(H,50,60)(H,52,57)(H,53,59)(H,54,58). The molecule has 0 bridgehead atoms. The number of nitrogens with one attached hydrogen (secondary N) is 4. The van der Waals surface area contributed by atoms with Crippen LogP contribution in [0.5, 0.6) is 0 Å². The first-order valence-corrected chi connectivity index (χ1v) is 23.1. The first-order chi connectivity index (χ1) is 30.2. The van der Waals surface area contributed by atoms with Gasteiger partial charge in [-0.3, -0.25) is 24.0 Å². The number of likely N-dealkylation sites (tertiary alicyclic amines) is 1. The van der Waals surface area contributed by atoms with E-state index >= 15 is 0 Å². The van der Waals surface area contributed by atoms with Gasteiger partial charge in [0.05, 0.1) is 33.6 Å². The lowest BCUT2D eigenvalue weighted by Gasteiger charge is -2.35. The van der Waals surface area contributed by atoms with Crippen molar-refractivity contribution < 1.29 is 29.1 Å². The Morgan fingerprint density at radius 1 is 0.857 bits per heavy atom. The molecule has 6 rings (SSSR count). The summed E-state index contributed by atoms with van der Waals surface area (Å²) in [4.78, 5) is 74.0. The summed E-state index contributed by atoms with van der Waals surface area (Å²) in [6, 6.07) is 22.4. The van der Waals surface area contributed by atoms with Crippen LogP contribution in [0.4, 0.5) is 17.1 Å². The van der Waals surface area contributed by atoms with Gasteiger partial charge in [-0.15, -0.1) is 22.7 Å². The molecule has 5 aromatic rings. The molecule has 332 valence electrons. The molecule has 5 amide bonds. The highest BCUT2D eigenvalue weighted by Gasteiger charge is 2.44. The van der Waals surface area contributed by atoms with E-state index < -0.39 is 29.5 Å². The van der Waals surface area contributed by atoms with Crippen molar-refractivity contribution in [3.05, 3.63) is 107 Å². The zero-order valence-corrected chi connectivity index (χ0v) is 37.9. The van der Waals surface area contributed by atoms with Gasteiger partial charge in [0.25, 0.3) is 5.91 Å². The van der Waals surface area contributed by atoms with Crippen LogP contribution in [0.3, 0.4) is 0 Å².